The summed E-state index contributed by atoms with van der Waals surface area (Å²) in [5, 5.41) is 2.64. The summed E-state index contributed by atoms with van der Waals surface area (Å²) in [6, 6.07) is 15.6. The fourth-order valence-corrected chi connectivity index (χ4v) is 4.33. The highest BCUT2D eigenvalue weighted by Gasteiger charge is 2.41. The van der Waals surface area contributed by atoms with Gasteiger partial charge in [-0.3, -0.25) is 9.69 Å². The molecule has 4 heteroatoms. The van der Waals surface area contributed by atoms with E-state index in [0.29, 0.717) is 6.04 Å². The lowest BCUT2D eigenvalue weighted by molar-refractivity contribution is -0.152. The summed E-state index contributed by atoms with van der Waals surface area (Å²) in [4.78, 5) is 16.4. The number of hydrogen-bond acceptors (Lipinski definition) is 3. The molecule has 1 amide bonds. The molecule has 4 rings (SSSR count). The fraction of sp³-hybridized carbons (Fsp3) is 0.476. The normalized spacial score (nSPS) is 26.6. The van der Waals surface area contributed by atoms with Gasteiger partial charge in [-0.15, -0.1) is 0 Å². The average molecular weight is 338 g/mol. The Kier molecular flexibility index (Phi) is 4.48. The van der Waals surface area contributed by atoms with Crippen LogP contribution in [0.4, 0.5) is 0 Å². The lowest BCUT2D eigenvalue weighted by Crippen LogP contribution is -2.47. The third-order valence-electron chi connectivity index (χ3n) is 5.63. The topological polar surface area (TPSA) is 32.8 Å². The maximum absolute atomic E-state index is 12.2. The van der Waals surface area contributed by atoms with Crippen LogP contribution in [-0.4, -0.2) is 54.6 Å². The van der Waals surface area contributed by atoms with Crippen molar-refractivity contribution >= 4 is 16.7 Å². The summed E-state index contributed by atoms with van der Waals surface area (Å²) in [7, 11) is 3.61. The molecule has 2 aromatic carbocycles. The number of benzene rings is 2. The quantitative estimate of drug-likeness (QED) is 0.862. The first kappa shape index (κ1) is 16.6. The Morgan fingerprint density at radius 2 is 1.92 bits per heavy atom. The van der Waals surface area contributed by atoms with Crippen LogP contribution in [0, 0.1) is 0 Å². The Morgan fingerprint density at radius 1 is 1.12 bits per heavy atom. The van der Waals surface area contributed by atoms with Crippen molar-refractivity contribution in [2.45, 2.75) is 44.1 Å². The molecular formula is C21H26N2O2. The van der Waals surface area contributed by atoms with E-state index in [0.717, 1.165) is 32.4 Å². The van der Waals surface area contributed by atoms with E-state index in [9.17, 15) is 4.79 Å². The molecule has 0 unspecified atom stereocenters. The van der Waals surface area contributed by atoms with Crippen molar-refractivity contribution in [1.82, 2.24) is 9.80 Å². The Hall–Kier alpha value is -1.91. The second-order valence-electron chi connectivity index (χ2n) is 7.44. The number of likely N-dealkylation sites (tertiary alicyclic amines) is 1. The molecule has 0 N–H and O–H groups in total. The highest BCUT2D eigenvalue weighted by atomic mass is 16.5. The van der Waals surface area contributed by atoms with Crippen LogP contribution in [-0.2, 0) is 16.1 Å². The van der Waals surface area contributed by atoms with E-state index >= 15 is 0 Å². The van der Waals surface area contributed by atoms with Crippen LogP contribution in [0.5, 0.6) is 0 Å². The van der Waals surface area contributed by atoms with Crippen molar-refractivity contribution in [2.24, 2.45) is 0 Å². The van der Waals surface area contributed by atoms with Gasteiger partial charge in [-0.05, 0) is 35.6 Å². The number of hydrogen-bond donors (Lipinski definition) is 0. The first-order valence-electron chi connectivity index (χ1n) is 9.21. The number of ether oxygens (including phenoxy) is 1. The van der Waals surface area contributed by atoms with E-state index in [4.69, 9.17) is 4.74 Å². The Balaban J connectivity index is 1.48. The van der Waals surface area contributed by atoms with E-state index in [1.807, 2.05) is 0 Å². The minimum atomic E-state index is -0.256. The molecule has 0 aliphatic carbocycles. The predicted octanol–water partition coefficient (Wildman–Crippen LogP) is 3.05. The molecule has 2 aliphatic rings. The van der Waals surface area contributed by atoms with Gasteiger partial charge in [0, 0.05) is 33.2 Å². The third-order valence-corrected chi connectivity index (χ3v) is 5.63. The number of carbonyl (C=O) groups is 1. The Bertz CT molecular complexity index is 768. The number of fused-ring (bicyclic) bond motifs is 2. The number of nitrogens with zero attached hydrogens (tertiary/aromatic N) is 2. The second-order valence-corrected chi connectivity index (χ2v) is 7.44. The SMILES string of the molecule is CN(C)C(=O)[C@@H]1CC[C@@H]2[C@@H](CCN2Cc2cccc3ccccc23)O1. The second kappa shape index (κ2) is 6.77. The molecule has 2 saturated heterocycles. The summed E-state index contributed by atoms with van der Waals surface area (Å²) in [6.45, 7) is 2.00. The molecule has 0 aromatic heterocycles. The van der Waals surface area contributed by atoms with Gasteiger partial charge < -0.3 is 9.64 Å². The number of rotatable bonds is 3. The average Bonchev–Trinajstić information content (AvgIpc) is 3.03. The maximum Gasteiger partial charge on any atom is 0.251 e. The molecule has 2 aromatic rings. The predicted molar refractivity (Wildman–Crippen MR) is 99.4 cm³/mol. The molecule has 2 aliphatic heterocycles. The van der Waals surface area contributed by atoms with Crippen molar-refractivity contribution < 1.29 is 9.53 Å². The lowest BCUT2D eigenvalue weighted by atomic mass is 9.97. The molecule has 3 atom stereocenters. The highest BCUT2D eigenvalue weighted by Crippen LogP contribution is 2.33. The maximum atomic E-state index is 12.2. The molecule has 0 radical (unpaired) electrons. The molecule has 0 bridgehead atoms. The van der Waals surface area contributed by atoms with Crippen LogP contribution in [0.3, 0.4) is 0 Å². The molecule has 4 nitrogen and oxygen atoms in total. The number of likely N-dealkylation sites (N-methyl/N-ethyl adjacent to an activating group) is 1. The summed E-state index contributed by atoms with van der Waals surface area (Å²) in [5.41, 5.74) is 1.38. The molecular weight excluding hydrogens is 312 g/mol. The van der Waals surface area contributed by atoms with Gasteiger partial charge in [0.1, 0.15) is 6.10 Å². The van der Waals surface area contributed by atoms with Crippen LogP contribution < -0.4 is 0 Å². The minimum absolute atomic E-state index is 0.103. The zero-order valence-corrected chi connectivity index (χ0v) is 15.0. The van der Waals surface area contributed by atoms with Gasteiger partial charge in [0.15, 0.2) is 0 Å². The highest BCUT2D eigenvalue weighted by molar-refractivity contribution is 5.85. The smallest absolute Gasteiger partial charge is 0.251 e. The van der Waals surface area contributed by atoms with Gasteiger partial charge in [0.2, 0.25) is 0 Å². The lowest BCUT2D eigenvalue weighted by Gasteiger charge is -2.36. The van der Waals surface area contributed by atoms with Crippen LogP contribution in [0.2, 0.25) is 0 Å². The fourth-order valence-electron chi connectivity index (χ4n) is 4.33. The van der Waals surface area contributed by atoms with Gasteiger partial charge in [0.05, 0.1) is 6.10 Å². The van der Waals surface area contributed by atoms with Crippen LogP contribution in [0.15, 0.2) is 42.5 Å². The Morgan fingerprint density at radius 3 is 2.76 bits per heavy atom. The van der Waals surface area contributed by atoms with Crippen molar-refractivity contribution in [3.63, 3.8) is 0 Å². The van der Waals surface area contributed by atoms with E-state index in [1.165, 1.54) is 16.3 Å². The van der Waals surface area contributed by atoms with Gasteiger partial charge in [-0.1, -0.05) is 42.5 Å². The zero-order valence-electron chi connectivity index (χ0n) is 15.0. The van der Waals surface area contributed by atoms with E-state index < -0.39 is 0 Å². The van der Waals surface area contributed by atoms with E-state index in [-0.39, 0.29) is 18.1 Å². The molecule has 2 heterocycles. The molecule has 2 fully saturated rings. The van der Waals surface area contributed by atoms with Crippen molar-refractivity contribution in [1.29, 1.82) is 0 Å². The van der Waals surface area contributed by atoms with Gasteiger partial charge in [-0.25, -0.2) is 0 Å². The van der Waals surface area contributed by atoms with Crippen molar-refractivity contribution in [2.75, 3.05) is 20.6 Å². The minimum Gasteiger partial charge on any atom is -0.363 e. The van der Waals surface area contributed by atoms with Crippen molar-refractivity contribution in [3.8, 4) is 0 Å². The zero-order chi connectivity index (χ0) is 17.4. The first-order chi connectivity index (χ1) is 12.1. The molecule has 132 valence electrons. The van der Waals surface area contributed by atoms with E-state index in [1.54, 1.807) is 19.0 Å². The van der Waals surface area contributed by atoms with Gasteiger partial charge in [-0.2, -0.15) is 0 Å². The summed E-state index contributed by atoms with van der Waals surface area (Å²) < 4.78 is 6.16. The van der Waals surface area contributed by atoms with Crippen LogP contribution in [0.1, 0.15) is 24.8 Å². The summed E-state index contributed by atoms with van der Waals surface area (Å²) in [5.74, 6) is 0.103. The molecule has 0 spiro atoms. The van der Waals surface area contributed by atoms with Gasteiger partial charge in [0.25, 0.3) is 5.91 Å². The van der Waals surface area contributed by atoms with Gasteiger partial charge >= 0.3 is 0 Å². The number of amides is 1. The summed E-state index contributed by atoms with van der Waals surface area (Å²) >= 11 is 0. The van der Waals surface area contributed by atoms with Crippen molar-refractivity contribution in [3.05, 3.63) is 48.0 Å². The summed E-state index contributed by atoms with van der Waals surface area (Å²) in [6.07, 6.45) is 2.82. The van der Waals surface area contributed by atoms with Crippen LogP contribution in [0.25, 0.3) is 10.8 Å². The number of carbonyl (C=O) groups excluding carboxylic acids is 1. The van der Waals surface area contributed by atoms with E-state index in [2.05, 4.69) is 47.4 Å². The Labute approximate surface area is 149 Å². The van der Waals surface area contributed by atoms with Crippen LogP contribution >= 0.6 is 0 Å². The monoisotopic (exact) mass is 338 g/mol. The first-order valence-corrected chi connectivity index (χ1v) is 9.21. The third kappa shape index (κ3) is 3.16. The standard InChI is InChI=1S/C21H26N2O2/c1-22(2)21(24)20-11-10-18-19(25-20)12-13-23(18)14-16-8-5-7-15-6-3-4-9-17(15)16/h3-9,18-20H,10-14H2,1-2H3/t18-,19-,20+/m1/s1. The molecule has 0 saturated carbocycles. The molecule has 25 heavy (non-hydrogen) atoms. The largest absolute Gasteiger partial charge is 0.363 e.